The molecule has 2 N–H and O–H groups in total. The maximum Gasteiger partial charge on any atom is 0.271 e. The number of hydrogen-bond donors (Lipinski definition) is 2. The zero-order chi connectivity index (χ0) is 22.4. The minimum atomic E-state index is -0.497. The van der Waals surface area contributed by atoms with Crippen molar-refractivity contribution in [3.05, 3.63) is 93.5 Å². The van der Waals surface area contributed by atoms with E-state index in [0.717, 1.165) is 16.0 Å². The summed E-state index contributed by atoms with van der Waals surface area (Å²) >= 11 is 1.33. The number of rotatable bonds is 7. The molecular weight excluding hydrogens is 414 g/mol. The van der Waals surface area contributed by atoms with Crippen LogP contribution in [0.3, 0.4) is 0 Å². The van der Waals surface area contributed by atoms with E-state index in [1.54, 1.807) is 37.3 Å². The van der Waals surface area contributed by atoms with Crippen LogP contribution in [0.1, 0.15) is 21.5 Å². The fourth-order valence-electron chi connectivity index (χ4n) is 2.74. The lowest BCUT2D eigenvalue weighted by molar-refractivity contribution is -0.384. The van der Waals surface area contributed by atoms with E-state index in [0.29, 0.717) is 16.9 Å². The Labute approximate surface area is 184 Å². The van der Waals surface area contributed by atoms with Gasteiger partial charge >= 0.3 is 0 Å². The fourth-order valence-corrected chi connectivity index (χ4v) is 3.43. The third kappa shape index (κ3) is 6.16. The van der Waals surface area contributed by atoms with Crippen LogP contribution in [-0.4, -0.2) is 22.5 Å². The standard InChI is InChI=1S/C23H21N3O4S/c1-15-3-6-17(7-4-15)23(28)24-18-8-11-20(12-9-18)31-14-22(27)25-21-13-19(26(29)30)10-5-16(21)2/h3-13H,14H2,1-2H3,(H,24,28)(H,25,27). The zero-order valence-corrected chi connectivity index (χ0v) is 17.9. The number of nitro groups is 1. The molecule has 0 spiro atoms. The van der Waals surface area contributed by atoms with Gasteiger partial charge in [-0.25, -0.2) is 0 Å². The molecule has 8 heteroatoms. The van der Waals surface area contributed by atoms with Gasteiger partial charge in [0.25, 0.3) is 11.6 Å². The molecule has 3 aromatic rings. The van der Waals surface area contributed by atoms with Crippen molar-refractivity contribution in [3.63, 3.8) is 0 Å². The van der Waals surface area contributed by atoms with Crippen LogP contribution in [0.4, 0.5) is 17.1 Å². The first-order valence-electron chi connectivity index (χ1n) is 9.47. The van der Waals surface area contributed by atoms with E-state index in [2.05, 4.69) is 10.6 Å². The Balaban J connectivity index is 1.54. The number of nitro benzene ring substituents is 1. The number of non-ortho nitro benzene ring substituents is 1. The molecule has 0 aliphatic rings. The molecule has 3 rings (SSSR count). The van der Waals surface area contributed by atoms with Gasteiger partial charge in [0, 0.05) is 28.3 Å². The van der Waals surface area contributed by atoms with Crippen molar-refractivity contribution in [2.45, 2.75) is 18.7 Å². The molecular formula is C23H21N3O4S. The number of amides is 2. The van der Waals surface area contributed by atoms with Crippen LogP contribution in [0.15, 0.2) is 71.6 Å². The summed E-state index contributed by atoms with van der Waals surface area (Å²) in [6.45, 7) is 3.74. The SMILES string of the molecule is Cc1ccc(C(=O)Nc2ccc(SCC(=O)Nc3cc([N+](=O)[O-])ccc3C)cc2)cc1. The monoisotopic (exact) mass is 435 g/mol. The van der Waals surface area contributed by atoms with Crippen LogP contribution in [0, 0.1) is 24.0 Å². The third-order valence-corrected chi connectivity index (χ3v) is 5.51. The summed E-state index contributed by atoms with van der Waals surface area (Å²) in [7, 11) is 0. The summed E-state index contributed by atoms with van der Waals surface area (Å²) in [5, 5.41) is 16.5. The number of anilines is 2. The Kier molecular flexibility index (Phi) is 7.04. The number of thioether (sulfide) groups is 1. The minimum Gasteiger partial charge on any atom is -0.325 e. The molecule has 31 heavy (non-hydrogen) atoms. The lowest BCUT2D eigenvalue weighted by Gasteiger charge is -2.09. The molecule has 3 aromatic carbocycles. The van der Waals surface area contributed by atoms with Crippen molar-refractivity contribution in [2.24, 2.45) is 0 Å². The normalized spacial score (nSPS) is 10.4. The number of carbonyl (C=O) groups excluding carboxylic acids is 2. The summed E-state index contributed by atoms with van der Waals surface area (Å²) in [6.07, 6.45) is 0. The van der Waals surface area contributed by atoms with E-state index in [1.165, 1.54) is 23.9 Å². The Morgan fingerprint density at radius 1 is 0.935 bits per heavy atom. The molecule has 0 unspecified atom stereocenters. The second kappa shape index (κ2) is 9.90. The molecule has 7 nitrogen and oxygen atoms in total. The predicted molar refractivity (Wildman–Crippen MR) is 123 cm³/mol. The van der Waals surface area contributed by atoms with E-state index in [9.17, 15) is 19.7 Å². The highest BCUT2D eigenvalue weighted by Gasteiger charge is 2.12. The number of hydrogen-bond acceptors (Lipinski definition) is 5. The lowest BCUT2D eigenvalue weighted by atomic mass is 10.1. The zero-order valence-electron chi connectivity index (χ0n) is 17.0. The first-order valence-corrected chi connectivity index (χ1v) is 10.5. The van der Waals surface area contributed by atoms with Gasteiger partial charge in [0.05, 0.1) is 16.4 Å². The van der Waals surface area contributed by atoms with Crippen LogP contribution >= 0.6 is 11.8 Å². The van der Waals surface area contributed by atoms with Gasteiger partial charge in [-0.15, -0.1) is 11.8 Å². The fraction of sp³-hybridized carbons (Fsp3) is 0.130. The van der Waals surface area contributed by atoms with Crippen LogP contribution < -0.4 is 10.6 Å². The first-order chi connectivity index (χ1) is 14.8. The second-order valence-electron chi connectivity index (χ2n) is 6.94. The van der Waals surface area contributed by atoms with Crippen molar-refractivity contribution in [2.75, 3.05) is 16.4 Å². The molecule has 0 saturated heterocycles. The maximum absolute atomic E-state index is 12.3. The first kappa shape index (κ1) is 22.0. The lowest BCUT2D eigenvalue weighted by Crippen LogP contribution is -2.15. The molecule has 2 amide bonds. The highest BCUT2D eigenvalue weighted by atomic mass is 32.2. The molecule has 0 fully saturated rings. The van der Waals surface area contributed by atoms with Gasteiger partial charge in [0.2, 0.25) is 5.91 Å². The van der Waals surface area contributed by atoms with Gasteiger partial charge in [0.15, 0.2) is 0 Å². The number of nitrogens with zero attached hydrogens (tertiary/aromatic N) is 1. The topological polar surface area (TPSA) is 101 Å². The number of aryl methyl sites for hydroxylation is 2. The number of nitrogens with one attached hydrogen (secondary N) is 2. The van der Waals surface area contributed by atoms with Crippen molar-refractivity contribution in [1.82, 2.24) is 0 Å². The maximum atomic E-state index is 12.3. The molecule has 0 aliphatic heterocycles. The molecule has 0 aliphatic carbocycles. The van der Waals surface area contributed by atoms with Crippen molar-refractivity contribution >= 4 is 40.6 Å². The van der Waals surface area contributed by atoms with Crippen LogP contribution in [0.2, 0.25) is 0 Å². The average Bonchev–Trinajstić information content (AvgIpc) is 2.75. The third-order valence-electron chi connectivity index (χ3n) is 4.50. The summed E-state index contributed by atoms with van der Waals surface area (Å²) < 4.78 is 0. The predicted octanol–water partition coefficient (Wildman–Crippen LogP) is 5.19. The summed E-state index contributed by atoms with van der Waals surface area (Å²) in [6, 6.07) is 18.9. The van der Waals surface area contributed by atoms with Crippen molar-refractivity contribution < 1.29 is 14.5 Å². The number of carbonyl (C=O) groups is 2. The smallest absolute Gasteiger partial charge is 0.271 e. The molecule has 158 valence electrons. The Morgan fingerprint density at radius 3 is 2.26 bits per heavy atom. The molecule has 0 saturated carbocycles. The molecule has 0 heterocycles. The van der Waals surface area contributed by atoms with Crippen LogP contribution in [0.5, 0.6) is 0 Å². The van der Waals surface area contributed by atoms with Crippen LogP contribution in [0.25, 0.3) is 0 Å². The Morgan fingerprint density at radius 2 is 1.61 bits per heavy atom. The van der Waals surface area contributed by atoms with Gasteiger partial charge in [-0.05, 0) is 55.8 Å². The highest BCUT2D eigenvalue weighted by molar-refractivity contribution is 8.00. The average molecular weight is 436 g/mol. The van der Waals surface area contributed by atoms with E-state index >= 15 is 0 Å². The van der Waals surface area contributed by atoms with E-state index < -0.39 is 4.92 Å². The number of benzene rings is 3. The van der Waals surface area contributed by atoms with Gasteiger partial charge in [-0.3, -0.25) is 19.7 Å². The summed E-state index contributed by atoms with van der Waals surface area (Å²) in [4.78, 5) is 35.8. The van der Waals surface area contributed by atoms with E-state index in [4.69, 9.17) is 0 Å². The molecule has 0 radical (unpaired) electrons. The minimum absolute atomic E-state index is 0.0724. The van der Waals surface area contributed by atoms with E-state index in [1.807, 2.05) is 31.2 Å². The van der Waals surface area contributed by atoms with E-state index in [-0.39, 0.29) is 23.3 Å². The second-order valence-corrected chi connectivity index (χ2v) is 7.99. The molecule has 0 aromatic heterocycles. The van der Waals surface area contributed by atoms with Gasteiger partial charge in [-0.1, -0.05) is 23.8 Å². The van der Waals surface area contributed by atoms with Crippen molar-refractivity contribution in [3.8, 4) is 0 Å². The molecule has 0 atom stereocenters. The quantitative estimate of drug-likeness (QED) is 0.302. The van der Waals surface area contributed by atoms with Gasteiger partial charge in [0.1, 0.15) is 0 Å². The summed E-state index contributed by atoms with van der Waals surface area (Å²) in [5.74, 6) is -0.297. The molecule has 0 bridgehead atoms. The largest absolute Gasteiger partial charge is 0.325 e. The highest BCUT2D eigenvalue weighted by Crippen LogP contribution is 2.24. The Hall–Kier alpha value is -3.65. The summed E-state index contributed by atoms with van der Waals surface area (Å²) in [5.41, 5.74) is 3.43. The van der Waals surface area contributed by atoms with Gasteiger partial charge < -0.3 is 10.6 Å². The van der Waals surface area contributed by atoms with Crippen molar-refractivity contribution in [1.29, 1.82) is 0 Å². The van der Waals surface area contributed by atoms with Gasteiger partial charge in [-0.2, -0.15) is 0 Å². The Bertz CT molecular complexity index is 1110. The van der Waals surface area contributed by atoms with Crippen LogP contribution in [-0.2, 0) is 4.79 Å².